The second kappa shape index (κ2) is 4.00. The summed E-state index contributed by atoms with van der Waals surface area (Å²) in [5.74, 6) is -1.61. The molecule has 0 aliphatic heterocycles. The molecule has 5 heteroatoms. The minimum atomic E-state index is -4.53. The highest BCUT2D eigenvalue weighted by atomic mass is 19.4. The first kappa shape index (κ1) is 11.7. The van der Waals surface area contributed by atoms with E-state index < -0.39 is 24.2 Å². The van der Waals surface area contributed by atoms with Crippen molar-refractivity contribution in [2.45, 2.75) is 19.5 Å². The fourth-order valence-electron chi connectivity index (χ4n) is 1.22. The Morgan fingerprint density at radius 2 is 1.93 bits per heavy atom. The van der Waals surface area contributed by atoms with Gasteiger partial charge in [-0.3, -0.25) is 4.79 Å². The normalized spacial score (nSPS) is 11.5. The number of carbonyl (C=O) groups is 1. The molecule has 0 bridgehead atoms. The van der Waals surface area contributed by atoms with Crippen LogP contribution in [0.5, 0.6) is 0 Å². The molecule has 0 saturated heterocycles. The highest BCUT2D eigenvalue weighted by Crippen LogP contribution is 2.23. The molecule has 0 unspecified atom stereocenters. The van der Waals surface area contributed by atoms with E-state index >= 15 is 0 Å². The van der Waals surface area contributed by atoms with Crippen LogP contribution < -0.4 is 0 Å². The van der Waals surface area contributed by atoms with Gasteiger partial charge in [-0.1, -0.05) is 0 Å². The van der Waals surface area contributed by atoms with Crippen LogP contribution in [-0.2, 0) is 0 Å². The molecule has 0 N–H and O–H groups in total. The molecule has 1 aromatic carbocycles. The summed E-state index contributed by atoms with van der Waals surface area (Å²) in [5.41, 5.74) is 0.123. The number of halogens is 4. The molecule has 82 valence electrons. The van der Waals surface area contributed by atoms with Crippen LogP contribution in [0.4, 0.5) is 17.6 Å². The van der Waals surface area contributed by atoms with Crippen LogP contribution >= 0.6 is 0 Å². The summed E-state index contributed by atoms with van der Waals surface area (Å²) in [4.78, 5) is 11.1. The van der Waals surface area contributed by atoms with Gasteiger partial charge in [0.1, 0.15) is 12.2 Å². The van der Waals surface area contributed by atoms with Gasteiger partial charge in [0, 0.05) is 5.56 Å². The lowest BCUT2D eigenvalue weighted by Gasteiger charge is -2.07. The van der Waals surface area contributed by atoms with Gasteiger partial charge in [-0.05, 0) is 30.7 Å². The summed E-state index contributed by atoms with van der Waals surface area (Å²) >= 11 is 0. The molecule has 1 rings (SSSR count). The van der Waals surface area contributed by atoms with Crippen LogP contribution in [0.2, 0.25) is 0 Å². The Hall–Kier alpha value is -1.39. The van der Waals surface area contributed by atoms with Crippen LogP contribution in [0.3, 0.4) is 0 Å². The number of benzene rings is 1. The van der Waals surface area contributed by atoms with Gasteiger partial charge in [-0.25, -0.2) is 4.39 Å². The maximum absolute atomic E-state index is 12.6. The van der Waals surface area contributed by atoms with Crippen molar-refractivity contribution in [3.05, 3.63) is 35.1 Å². The van der Waals surface area contributed by atoms with E-state index in [9.17, 15) is 22.4 Å². The van der Waals surface area contributed by atoms with Crippen molar-refractivity contribution in [3.63, 3.8) is 0 Å². The summed E-state index contributed by atoms with van der Waals surface area (Å²) < 4.78 is 48.3. The maximum atomic E-state index is 12.6. The predicted molar refractivity (Wildman–Crippen MR) is 46.1 cm³/mol. The highest BCUT2D eigenvalue weighted by molar-refractivity contribution is 5.97. The van der Waals surface area contributed by atoms with Crippen molar-refractivity contribution >= 4 is 5.78 Å². The molecule has 0 radical (unpaired) electrons. The molecule has 0 atom stereocenters. The van der Waals surface area contributed by atoms with Gasteiger partial charge >= 0.3 is 6.18 Å². The summed E-state index contributed by atoms with van der Waals surface area (Å²) in [6.07, 6.45) is -6.04. The molecule has 1 aromatic rings. The molecule has 0 saturated carbocycles. The Morgan fingerprint density at radius 1 is 1.33 bits per heavy atom. The number of aryl methyl sites for hydroxylation is 1. The lowest BCUT2D eigenvalue weighted by atomic mass is 10.0. The van der Waals surface area contributed by atoms with E-state index in [4.69, 9.17) is 0 Å². The Labute approximate surface area is 83.7 Å². The number of hydrogen-bond donors (Lipinski definition) is 0. The van der Waals surface area contributed by atoms with Crippen molar-refractivity contribution in [2.24, 2.45) is 0 Å². The summed E-state index contributed by atoms with van der Waals surface area (Å²) in [6.45, 7) is 1.40. The number of hydrogen-bond acceptors (Lipinski definition) is 1. The van der Waals surface area contributed by atoms with E-state index in [1.807, 2.05) is 0 Å². The Morgan fingerprint density at radius 3 is 2.40 bits per heavy atom. The highest BCUT2D eigenvalue weighted by Gasteiger charge is 2.31. The molecule has 0 amide bonds. The second-order valence-corrected chi connectivity index (χ2v) is 3.17. The molecular weight excluding hydrogens is 212 g/mol. The fourth-order valence-corrected chi connectivity index (χ4v) is 1.22. The topological polar surface area (TPSA) is 17.1 Å². The zero-order chi connectivity index (χ0) is 11.6. The molecule has 0 fully saturated rings. The molecule has 0 heterocycles. The summed E-state index contributed by atoms with van der Waals surface area (Å²) in [5, 5.41) is 0. The molecular formula is C10H8F4O. The average molecular weight is 220 g/mol. The quantitative estimate of drug-likeness (QED) is 0.552. The standard InChI is InChI=1S/C10H8F4O/c1-6-4-7(11)2-3-8(6)9(15)5-10(12,13)14/h2-4H,5H2,1H3. The van der Waals surface area contributed by atoms with Crippen LogP contribution in [0.25, 0.3) is 0 Å². The number of rotatable bonds is 2. The molecule has 0 spiro atoms. The summed E-state index contributed by atoms with van der Waals surface area (Å²) in [7, 11) is 0. The van der Waals surface area contributed by atoms with E-state index in [1.165, 1.54) is 6.92 Å². The van der Waals surface area contributed by atoms with Crippen LogP contribution in [-0.4, -0.2) is 12.0 Å². The van der Waals surface area contributed by atoms with E-state index in [1.54, 1.807) is 0 Å². The third-order valence-electron chi connectivity index (χ3n) is 1.85. The number of carbonyl (C=O) groups excluding carboxylic acids is 1. The SMILES string of the molecule is Cc1cc(F)ccc1C(=O)CC(F)(F)F. The van der Waals surface area contributed by atoms with E-state index in [2.05, 4.69) is 0 Å². The maximum Gasteiger partial charge on any atom is 0.396 e. The van der Waals surface area contributed by atoms with E-state index in [0.29, 0.717) is 0 Å². The van der Waals surface area contributed by atoms with Crippen molar-refractivity contribution in [1.82, 2.24) is 0 Å². The molecule has 0 aliphatic carbocycles. The Bertz CT molecular complexity index is 381. The molecule has 1 nitrogen and oxygen atoms in total. The van der Waals surface area contributed by atoms with Crippen molar-refractivity contribution in [2.75, 3.05) is 0 Å². The Balaban J connectivity index is 2.92. The van der Waals surface area contributed by atoms with Crippen LogP contribution in [0, 0.1) is 12.7 Å². The van der Waals surface area contributed by atoms with Gasteiger partial charge in [0.15, 0.2) is 5.78 Å². The van der Waals surface area contributed by atoms with Crippen LogP contribution in [0.15, 0.2) is 18.2 Å². The van der Waals surface area contributed by atoms with Gasteiger partial charge in [0.2, 0.25) is 0 Å². The number of ketones is 1. The monoisotopic (exact) mass is 220 g/mol. The van der Waals surface area contributed by atoms with Gasteiger partial charge in [0.25, 0.3) is 0 Å². The van der Waals surface area contributed by atoms with Crippen molar-refractivity contribution in [1.29, 1.82) is 0 Å². The minimum Gasteiger partial charge on any atom is -0.294 e. The minimum absolute atomic E-state index is 0.0891. The van der Waals surface area contributed by atoms with Gasteiger partial charge in [0.05, 0.1) is 0 Å². The summed E-state index contributed by atoms with van der Waals surface area (Å²) in [6, 6.07) is 3.07. The first-order chi connectivity index (χ1) is 6.79. The second-order valence-electron chi connectivity index (χ2n) is 3.17. The Kier molecular flexibility index (Phi) is 3.12. The fraction of sp³-hybridized carbons (Fsp3) is 0.300. The molecule has 15 heavy (non-hydrogen) atoms. The number of Topliss-reactive ketones (excluding diaryl/α,β-unsaturated/α-hetero) is 1. The van der Waals surface area contributed by atoms with Gasteiger partial charge in [-0.15, -0.1) is 0 Å². The predicted octanol–water partition coefficient (Wildman–Crippen LogP) is 3.27. The zero-order valence-corrected chi connectivity index (χ0v) is 7.86. The number of alkyl halides is 3. The van der Waals surface area contributed by atoms with Gasteiger partial charge < -0.3 is 0 Å². The molecule has 0 aromatic heterocycles. The first-order valence-electron chi connectivity index (χ1n) is 4.16. The van der Waals surface area contributed by atoms with Crippen molar-refractivity contribution in [3.8, 4) is 0 Å². The molecule has 0 aliphatic rings. The van der Waals surface area contributed by atoms with Crippen LogP contribution in [0.1, 0.15) is 22.3 Å². The largest absolute Gasteiger partial charge is 0.396 e. The lowest BCUT2D eigenvalue weighted by molar-refractivity contribution is -0.125. The van der Waals surface area contributed by atoms with E-state index in [0.717, 1.165) is 18.2 Å². The van der Waals surface area contributed by atoms with Gasteiger partial charge in [-0.2, -0.15) is 13.2 Å². The zero-order valence-electron chi connectivity index (χ0n) is 7.86. The third-order valence-corrected chi connectivity index (χ3v) is 1.85. The third kappa shape index (κ3) is 3.34. The van der Waals surface area contributed by atoms with Crippen molar-refractivity contribution < 1.29 is 22.4 Å². The van der Waals surface area contributed by atoms with E-state index in [-0.39, 0.29) is 11.1 Å². The smallest absolute Gasteiger partial charge is 0.294 e. The lowest BCUT2D eigenvalue weighted by Crippen LogP contribution is -2.15. The first-order valence-corrected chi connectivity index (χ1v) is 4.16. The average Bonchev–Trinajstić information content (AvgIpc) is 1.99.